The molecular weight excluding hydrogens is 298 g/mol. The summed E-state index contributed by atoms with van der Waals surface area (Å²) in [5.41, 5.74) is 0.0533. The molecule has 1 heterocycles. The Bertz CT molecular complexity index is 712. The van der Waals surface area contributed by atoms with Crippen molar-refractivity contribution < 1.29 is 19.6 Å². The van der Waals surface area contributed by atoms with Crippen LogP contribution in [0.4, 0.5) is 11.4 Å². The number of benzene rings is 1. The second kappa shape index (κ2) is 6.09. The summed E-state index contributed by atoms with van der Waals surface area (Å²) in [6, 6.07) is 5.53. The van der Waals surface area contributed by atoms with Crippen LogP contribution in [0.2, 0.25) is 0 Å². The molecule has 0 bridgehead atoms. The van der Waals surface area contributed by atoms with Crippen molar-refractivity contribution in [2.24, 2.45) is 0 Å². The lowest BCUT2D eigenvalue weighted by atomic mass is 10.2. The van der Waals surface area contributed by atoms with Crippen molar-refractivity contribution in [1.82, 2.24) is 4.98 Å². The molecule has 0 spiro atoms. The first-order chi connectivity index (χ1) is 9.95. The average Bonchev–Trinajstić information content (AvgIpc) is 2.87. The first-order valence-corrected chi connectivity index (χ1v) is 6.55. The van der Waals surface area contributed by atoms with E-state index in [4.69, 9.17) is 5.11 Å². The first kappa shape index (κ1) is 14.6. The number of hydrogen-bond acceptors (Lipinski definition) is 6. The summed E-state index contributed by atoms with van der Waals surface area (Å²) in [6.07, 6.45) is -0.0966. The zero-order valence-corrected chi connectivity index (χ0v) is 11.3. The van der Waals surface area contributed by atoms with Gasteiger partial charge in [0.15, 0.2) is 5.69 Å². The van der Waals surface area contributed by atoms with Crippen LogP contribution in [0.3, 0.4) is 0 Å². The lowest BCUT2D eigenvalue weighted by molar-refractivity contribution is -0.384. The molecule has 21 heavy (non-hydrogen) atoms. The topological polar surface area (TPSA) is 122 Å². The van der Waals surface area contributed by atoms with E-state index in [1.807, 2.05) is 0 Å². The minimum Gasteiger partial charge on any atom is -0.476 e. The molecule has 0 aliphatic rings. The number of non-ortho nitro benzene ring substituents is 1. The van der Waals surface area contributed by atoms with E-state index in [0.29, 0.717) is 10.7 Å². The van der Waals surface area contributed by atoms with Crippen LogP contribution in [0.15, 0.2) is 29.6 Å². The van der Waals surface area contributed by atoms with E-state index < -0.39 is 16.8 Å². The average molecular weight is 307 g/mol. The van der Waals surface area contributed by atoms with Gasteiger partial charge in [-0.05, 0) is 6.07 Å². The molecule has 0 saturated heterocycles. The van der Waals surface area contributed by atoms with Crippen molar-refractivity contribution in [3.8, 4) is 0 Å². The quantitative estimate of drug-likeness (QED) is 0.642. The molecule has 8 nitrogen and oxygen atoms in total. The number of carboxylic acids is 1. The lowest BCUT2D eigenvalue weighted by Crippen LogP contribution is -2.14. The van der Waals surface area contributed by atoms with Crippen molar-refractivity contribution in [3.05, 3.63) is 50.5 Å². The normalized spacial score (nSPS) is 10.1. The number of carbonyl (C=O) groups excluding carboxylic acids is 1. The van der Waals surface area contributed by atoms with Gasteiger partial charge in [0.25, 0.3) is 5.69 Å². The molecule has 9 heteroatoms. The molecule has 0 fully saturated rings. The summed E-state index contributed by atoms with van der Waals surface area (Å²) in [4.78, 5) is 36.3. The number of thiazole rings is 1. The van der Waals surface area contributed by atoms with Gasteiger partial charge in [-0.1, -0.05) is 6.07 Å². The molecular formula is C12H9N3O5S. The zero-order chi connectivity index (χ0) is 15.4. The summed E-state index contributed by atoms with van der Waals surface area (Å²) in [5, 5.41) is 23.6. The molecule has 1 aromatic carbocycles. The van der Waals surface area contributed by atoms with Gasteiger partial charge in [0.1, 0.15) is 5.01 Å². The third kappa shape index (κ3) is 3.83. The number of rotatable bonds is 5. The fourth-order valence-corrected chi connectivity index (χ4v) is 2.30. The number of anilines is 1. The highest BCUT2D eigenvalue weighted by Crippen LogP contribution is 2.17. The van der Waals surface area contributed by atoms with Gasteiger partial charge in [-0.15, -0.1) is 11.3 Å². The van der Waals surface area contributed by atoms with Crippen LogP contribution in [0.5, 0.6) is 0 Å². The number of nitrogens with one attached hydrogen (secondary N) is 1. The van der Waals surface area contributed by atoms with E-state index in [-0.39, 0.29) is 17.8 Å². The van der Waals surface area contributed by atoms with Crippen LogP contribution in [0, 0.1) is 10.1 Å². The van der Waals surface area contributed by atoms with Crippen LogP contribution in [0.25, 0.3) is 0 Å². The smallest absolute Gasteiger partial charge is 0.355 e. The van der Waals surface area contributed by atoms with E-state index in [2.05, 4.69) is 10.3 Å². The Hall–Kier alpha value is -2.81. The van der Waals surface area contributed by atoms with Crippen LogP contribution in [-0.2, 0) is 11.2 Å². The number of carbonyl (C=O) groups is 2. The van der Waals surface area contributed by atoms with Gasteiger partial charge >= 0.3 is 5.97 Å². The molecule has 2 aromatic rings. The molecule has 0 radical (unpaired) electrons. The Kier molecular flexibility index (Phi) is 4.24. The van der Waals surface area contributed by atoms with E-state index in [9.17, 15) is 19.7 Å². The molecule has 0 saturated carbocycles. The van der Waals surface area contributed by atoms with Gasteiger partial charge in [-0.2, -0.15) is 0 Å². The fourth-order valence-electron chi connectivity index (χ4n) is 1.53. The Labute approximate surface area is 122 Å². The number of aromatic carboxylic acids is 1. The Morgan fingerprint density at radius 3 is 2.81 bits per heavy atom. The van der Waals surface area contributed by atoms with E-state index in [1.165, 1.54) is 29.6 Å². The van der Waals surface area contributed by atoms with Crippen LogP contribution in [-0.4, -0.2) is 26.9 Å². The van der Waals surface area contributed by atoms with E-state index >= 15 is 0 Å². The third-order valence-corrected chi connectivity index (χ3v) is 3.27. The van der Waals surface area contributed by atoms with Crippen LogP contribution < -0.4 is 5.32 Å². The maximum absolute atomic E-state index is 11.8. The van der Waals surface area contributed by atoms with Gasteiger partial charge in [0.05, 0.1) is 11.3 Å². The largest absolute Gasteiger partial charge is 0.476 e. The summed E-state index contributed by atoms with van der Waals surface area (Å²) >= 11 is 1.06. The molecule has 0 unspecified atom stereocenters. The highest BCUT2D eigenvalue weighted by atomic mass is 32.1. The minimum atomic E-state index is -1.16. The lowest BCUT2D eigenvalue weighted by Gasteiger charge is -2.03. The standard InChI is InChI=1S/C12H9N3O5S/c16-10(5-11-14-9(6-21-11)12(17)18)13-7-2-1-3-8(4-7)15(19)20/h1-4,6H,5H2,(H,13,16)(H,17,18). The van der Waals surface area contributed by atoms with Gasteiger partial charge < -0.3 is 10.4 Å². The number of nitro groups is 1. The van der Waals surface area contributed by atoms with E-state index in [0.717, 1.165) is 11.3 Å². The highest BCUT2D eigenvalue weighted by molar-refractivity contribution is 7.09. The van der Waals surface area contributed by atoms with Crippen molar-refractivity contribution in [2.45, 2.75) is 6.42 Å². The Balaban J connectivity index is 2.02. The molecule has 2 N–H and O–H groups in total. The van der Waals surface area contributed by atoms with Gasteiger partial charge in [0, 0.05) is 23.2 Å². The second-order valence-corrected chi connectivity index (χ2v) is 4.91. The van der Waals surface area contributed by atoms with E-state index in [1.54, 1.807) is 0 Å². The first-order valence-electron chi connectivity index (χ1n) is 5.67. The predicted octanol–water partition coefficient (Wildman–Crippen LogP) is 1.93. The number of amides is 1. The monoisotopic (exact) mass is 307 g/mol. The molecule has 0 aliphatic carbocycles. The van der Waals surface area contributed by atoms with Crippen molar-refractivity contribution >= 4 is 34.6 Å². The maximum atomic E-state index is 11.8. The third-order valence-electron chi connectivity index (χ3n) is 2.42. The molecule has 1 aromatic heterocycles. The fraction of sp³-hybridized carbons (Fsp3) is 0.0833. The number of carboxylic acid groups (broad SMARTS) is 1. The van der Waals surface area contributed by atoms with Gasteiger partial charge in [-0.3, -0.25) is 14.9 Å². The summed E-state index contributed by atoms with van der Waals surface area (Å²) in [7, 11) is 0. The minimum absolute atomic E-state index is 0.0966. The molecule has 0 aliphatic heterocycles. The summed E-state index contributed by atoms with van der Waals surface area (Å²) in [6.45, 7) is 0. The predicted molar refractivity (Wildman–Crippen MR) is 74.5 cm³/mol. The summed E-state index contributed by atoms with van der Waals surface area (Å²) < 4.78 is 0. The number of aromatic nitrogens is 1. The van der Waals surface area contributed by atoms with Crippen LogP contribution >= 0.6 is 11.3 Å². The summed E-state index contributed by atoms with van der Waals surface area (Å²) in [5.74, 6) is -1.58. The Morgan fingerprint density at radius 2 is 2.19 bits per heavy atom. The zero-order valence-electron chi connectivity index (χ0n) is 10.5. The van der Waals surface area contributed by atoms with Crippen molar-refractivity contribution in [1.29, 1.82) is 0 Å². The van der Waals surface area contributed by atoms with Crippen LogP contribution in [0.1, 0.15) is 15.5 Å². The van der Waals surface area contributed by atoms with Crippen molar-refractivity contribution in [2.75, 3.05) is 5.32 Å². The number of nitrogens with zero attached hydrogens (tertiary/aromatic N) is 2. The maximum Gasteiger partial charge on any atom is 0.355 e. The number of nitro benzene ring substituents is 1. The molecule has 0 atom stereocenters. The molecule has 2 rings (SSSR count). The second-order valence-electron chi connectivity index (χ2n) is 3.96. The SMILES string of the molecule is O=C(Cc1nc(C(=O)O)cs1)Nc1cccc([N+](=O)[O-])c1. The van der Waals surface area contributed by atoms with Gasteiger partial charge in [0.2, 0.25) is 5.91 Å². The molecule has 1 amide bonds. The molecule has 108 valence electrons. The van der Waals surface area contributed by atoms with Gasteiger partial charge in [-0.25, -0.2) is 9.78 Å². The van der Waals surface area contributed by atoms with Crippen molar-refractivity contribution in [3.63, 3.8) is 0 Å². The highest BCUT2D eigenvalue weighted by Gasteiger charge is 2.13. The Morgan fingerprint density at radius 1 is 1.43 bits per heavy atom. The number of hydrogen-bond donors (Lipinski definition) is 2.